The summed E-state index contributed by atoms with van der Waals surface area (Å²) in [4.78, 5) is 12.0. The van der Waals surface area contributed by atoms with E-state index in [1.54, 1.807) is 30.3 Å². The van der Waals surface area contributed by atoms with E-state index in [0.29, 0.717) is 27.9 Å². The second kappa shape index (κ2) is 8.01. The standard InChI is InChI=1S/C15H13Cl2N3O2S/c1-2-7-18-15(23)20-19-14(21)13-6-5-12(22-13)10-4-3-9(16)8-11(10)17/h2-6,8H,1,7H2,(H,19,21)(H2,18,20,23). The Morgan fingerprint density at radius 3 is 2.74 bits per heavy atom. The van der Waals surface area contributed by atoms with Crippen LogP contribution >= 0.6 is 35.4 Å². The van der Waals surface area contributed by atoms with Crippen LogP contribution in [0.2, 0.25) is 10.0 Å². The average Bonchev–Trinajstić information content (AvgIpc) is 3.00. The van der Waals surface area contributed by atoms with E-state index in [2.05, 4.69) is 22.7 Å². The minimum absolute atomic E-state index is 0.116. The Hall–Kier alpha value is -2.02. The Balaban J connectivity index is 2.02. The van der Waals surface area contributed by atoms with Crippen molar-refractivity contribution in [3.63, 3.8) is 0 Å². The van der Waals surface area contributed by atoms with E-state index in [1.165, 1.54) is 6.07 Å². The van der Waals surface area contributed by atoms with Crippen molar-refractivity contribution in [1.29, 1.82) is 0 Å². The first-order chi connectivity index (χ1) is 11.0. The molecule has 0 aliphatic rings. The molecule has 0 bridgehead atoms. The van der Waals surface area contributed by atoms with E-state index in [4.69, 9.17) is 39.8 Å². The minimum Gasteiger partial charge on any atom is -0.451 e. The lowest BCUT2D eigenvalue weighted by molar-refractivity contribution is 0.0916. The van der Waals surface area contributed by atoms with Gasteiger partial charge in [-0.05, 0) is 42.5 Å². The Labute approximate surface area is 148 Å². The molecule has 0 aliphatic heterocycles. The lowest BCUT2D eigenvalue weighted by Crippen LogP contribution is -2.46. The van der Waals surface area contributed by atoms with E-state index < -0.39 is 5.91 Å². The molecule has 1 heterocycles. The SMILES string of the molecule is C=CCNC(=S)NNC(=O)c1ccc(-c2ccc(Cl)cc2Cl)o1. The number of amides is 1. The molecule has 0 saturated carbocycles. The zero-order chi connectivity index (χ0) is 16.8. The first-order valence-corrected chi connectivity index (χ1v) is 7.68. The van der Waals surface area contributed by atoms with Gasteiger partial charge in [0.15, 0.2) is 10.9 Å². The van der Waals surface area contributed by atoms with Crippen LogP contribution in [0.1, 0.15) is 10.6 Å². The molecular formula is C15H13Cl2N3O2S. The Kier molecular flexibility index (Phi) is 6.04. The van der Waals surface area contributed by atoms with Crippen molar-refractivity contribution in [3.8, 4) is 11.3 Å². The number of hydrogen-bond acceptors (Lipinski definition) is 3. The smallest absolute Gasteiger partial charge is 0.305 e. The van der Waals surface area contributed by atoms with E-state index >= 15 is 0 Å². The molecule has 0 saturated heterocycles. The third-order valence-corrected chi connectivity index (χ3v) is 3.52. The van der Waals surface area contributed by atoms with Crippen molar-refractivity contribution < 1.29 is 9.21 Å². The van der Waals surface area contributed by atoms with E-state index in [9.17, 15) is 4.79 Å². The fourth-order valence-electron chi connectivity index (χ4n) is 1.68. The van der Waals surface area contributed by atoms with Gasteiger partial charge < -0.3 is 9.73 Å². The largest absolute Gasteiger partial charge is 0.451 e. The molecule has 0 spiro atoms. The predicted octanol–water partition coefficient (Wildman–Crippen LogP) is 3.55. The number of thiocarbonyl (C=S) groups is 1. The number of hydrazine groups is 1. The first-order valence-electron chi connectivity index (χ1n) is 6.51. The van der Waals surface area contributed by atoms with E-state index in [1.807, 2.05) is 0 Å². The third kappa shape index (κ3) is 4.72. The van der Waals surface area contributed by atoms with Crippen LogP contribution in [0, 0.1) is 0 Å². The summed E-state index contributed by atoms with van der Waals surface area (Å²) in [5.41, 5.74) is 5.62. The molecule has 120 valence electrons. The number of nitrogens with one attached hydrogen (secondary N) is 3. The van der Waals surface area contributed by atoms with Gasteiger partial charge in [-0.15, -0.1) is 6.58 Å². The number of furan rings is 1. The molecule has 3 N–H and O–H groups in total. The van der Waals surface area contributed by atoms with Gasteiger partial charge >= 0.3 is 5.91 Å². The molecule has 0 radical (unpaired) electrons. The topological polar surface area (TPSA) is 66.3 Å². The van der Waals surface area contributed by atoms with Crippen LogP contribution in [0.25, 0.3) is 11.3 Å². The number of carbonyl (C=O) groups is 1. The molecule has 0 aliphatic carbocycles. The first kappa shape index (κ1) is 17.3. The quantitative estimate of drug-likeness (QED) is 0.436. The molecule has 1 amide bonds. The van der Waals surface area contributed by atoms with Crippen LogP contribution in [0.15, 0.2) is 47.4 Å². The predicted molar refractivity (Wildman–Crippen MR) is 95.6 cm³/mol. The highest BCUT2D eigenvalue weighted by atomic mass is 35.5. The third-order valence-electron chi connectivity index (χ3n) is 2.72. The number of benzene rings is 1. The summed E-state index contributed by atoms with van der Waals surface area (Å²) >= 11 is 16.9. The van der Waals surface area contributed by atoms with Crippen LogP contribution in [0.5, 0.6) is 0 Å². The van der Waals surface area contributed by atoms with Gasteiger partial charge in [0.1, 0.15) is 5.76 Å². The zero-order valence-corrected chi connectivity index (χ0v) is 14.2. The van der Waals surface area contributed by atoms with Gasteiger partial charge in [-0.2, -0.15) is 0 Å². The molecule has 8 heteroatoms. The highest BCUT2D eigenvalue weighted by Crippen LogP contribution is 2.31. The summed E-state index contributed by atoms with van der Waals surface area (Å²) in [6.07, 6.45) is 1.64. The fraction of sp³-hybridized carbons (Fsp3) is 0.0667. The second-order valence-electron chi connectivity index (χ2n) is 4.37. The summed E-state index contributed by atoms with van der Waals surface area (Å²) in [6, 6.07) is 8.20. The maximum absolute atomic E-state index is 12.0. The maximum atomic E-state index is 12.0. The number of halogens is 2. The van der Waals surface area contributed by atoms with Crippen LogP contribution in [0.4, 0.5) is 0 Å². The molecular weight excluding hydrogens is 357 g/mol. The summed E-state index contributed by atoms with van der Waals surface area (Å²) in [6.45, 7) is 4.04. The minimum atomic E-state index is -0.468. The molecule has 1 aromatic carbocycles. The molecule has 0 fully saturated rings. The molecule has 2 rings (SSSR count). The van der Waals surface area contributed by atoms with Crippen molar-refractivity contribution >= 4 is 46.4 Å². The van der Waals surface area contributed by atoms with Gasteiger partial charge in [0, 0.05) is 17.1 Å². The summed E-state index contributed by atoms with van der Waals surface area (Å²) < 4.78 is 5.51. The van der Waals surface area contributed by atoms with E-state index in [0.717, 1.165) is 0 Å². The second-order valence-corrected chi connectivity index (χ2v) is 5.62. The highest BCUT2D eigenvalue weighted by molar-refractivity contribution is 7.80. The Morgan fingerprint density at radius 1 is 1.26 bits per heavy atom. The molecule has 1 aromatic heterocycles. The molecule has 2 aromatic rings. The summed E-state index contributed by atoms with van der Waals surface area (Å²) in [7, 11) is 0. The van der Waals surface area contributed by atoms with Gasteiger partial charge in [-0.1, -0.05) is 29.3 Å². The normalized spacial score (nSPS) is 10.0. The zero-order valence-electron chi connectivity index (χ0n) is 11.9. The average molecular weight is 370 g/mol. The molecule has 0 atom stereocenters. The van der Waals surface area contributed by atoms with Crippen molar-refractivity contribution in [3.05, 3.63) is 58.8 Å². The van der Waals surface area contributed by atoms with Crippen LogP contribution in [-0.2, 0) is 0 Å². The summed E-state index contributed by atoms with van der Waals surface area (Å²) in [5, 5.41) is 4.04. The highest BCUT2D eigenvalue weighted by Gasteiger charge is 2.14. The number of rotatable bonds is 4. The van der Waals surface area contributed by atoms with E-state index in [-0.39, 0.29) is 10.9 Å². The van der Waals surface area contributed by atoms with Crippen LogP contribution in [-0.4, -0.2) is 17.6 Å². The van der Waals surface area contributed by atoms with Crippen molar-refractivity contribution in [2.45, 2.75) is 0 Å². The maximum Gasteiger partial charge on any atom is 0.305 e. The Morgan fingerprint density at radius 2 is 2.04 bits per heavy atom. The van der Waals surface area contributed by atoms with Gasteiger partial charge in [0.2, 0.25) is 0 Å². The van der Waals surface area contributed by atoms with Gasteiger partial charge in [0.05, 0.1) is 5.02 Å². The van der Waals surface area contributed by atoms with Gasteiger partial charge in [-0.3, -0.25) is 15.6 Å². The molecule has 5 nitrogen and oxygen atoms in total. The lowest BCUT2D eigenvalue weighted by Gasteiger charge is -2.09. The van der Waals surface area contributed by atoms with Crippen LogP contribution < -0.4 is 16.2 Å². The lowest BCUT2D eigenvalue weighted by atomic mass is 10.2. The number of hydrogen-bond donors (Lipinski definition) is 3. The monoisotopic (exact) mass is 369 g/mol. The fourth-order valence-corrected chi connectivity index (χ4v) is 2.31. The van der Waals surface area contributed by atoms with Gasteiger partial charge in [0.25, 0.3) is 0 Å². The van der Waals surface area contributed by atoms with Gasteiger partial charge in [-0.25, -0.2) is 0 Å². The molecule has 0 unspecified atom stereocenters. The Bertz CT molecular complexity index is 746. The van der Waals surface area contributed by atoms with Crippen molar-refractivity contribution in [1.82, 2.24) is 16.2 Å². The van der Waals surface area contributed by atoms with Crippen molar-refractivity contribution in [2.24, 2.45) is 0 Å². The molecule has 23 heavy (non-hydrogen) atoms. The van der Waals surface area contributed by atoms with Crippen LogP contribution in [0.3, 0.4) is 0 Å². The number of carbonyl (C=O) groups excluding carboxylic acids is 1. The summed E-state index contributed by atoms with van der Waals surface area (Å²) in [5.74, 6) is 0.110. The van der Waals surface area contributed by atoms with Crippen molar-refractivity contribution in [2.75, 3.05) is 6.54 Å².